The standard InChI is InChI=1S/C29H33F3O6S2/c1-5-37-21-7-9-39-23(21)24(35)38-29(25(36)40-14-30)15(2)10-17-18-12-20(31)19-11-16(33)6-8-26(19,3)28(18,32)22(34)13-27(17,29)4/h6-9,11,15,17-18,20,22,34H,5,10,12-14H2,1-4H3/t15?,17-,18-,20?,22?,26-,27-,28?,29?/m0/s1. The molecule has 0 aliphatic heterocycles. The van der Waals surface area contributed by atoms with Gasteiger partial charge in [0.2, 0.25) is 5.12 Å². The van der Waals surface area contributed by atoms with Crippen molar-refractivity contribution >= 4 is 40.0 Å². The fourth-order valence-corrected chi connectivity index (χ4v) is 9.78. The SMILES string of the molecule is CCOc1ccsc1C(=O)OC1(C(=O)SCF)C(C)C[C@H]2[C@@H]3CC(F)C4=CC(=O)C=C[C@]4(C)C3(F)C(O)C[C@@]21C. The van der Waals surface area contributed by atoms with Crippen molar-refractivity contribution in [2.75, 3.05) is 12.6 Å². The number of thioether (sulfide) groups is 1. The average molecular weight is 599 g/mol. The van der Waals surface area contributed by atoms with Crippen LogP contribution in [0.2, 0.25) is 0 Å². The minimum atomic E-state index is -2.35. The molecule has 218 valence electrons. The minimum Gasteiger partial charge on any atom is -0.492 e. The molecule has 3 fully saturated rings. The number of rotatable bonds is 6. The number of aliphatic hydroxyl groups excluding tert-OH is 1. The van der Waals surface area contributed by atoms with E-state index in [9.17, 15) is 23.9 Å². The number of hydrogen-bond donors (Lipinski definition) is 1. The van der Waals surface area contributed by atoms with Crippen LogP contribution in [0.1, 0.15) is 56.6 Å². The van der Waals surface area contributed by atoms with Gasteiger partial charge in [0.1, 0.15) is 17.9 Å². The molecule has 11 heteroatoms. The molecule has 0 aromatic carbocycles. The predicted molar refractivity (Wildman–Crippen MR) is 145 cm³/mol. The summed E-state index contributed by atoms with van der Waals surface area (Å²) in [6.07, 6.45) is -0.0826. The Morgan fingerprint density at radius 3 is 2.65 bits per heavy atom. The third-order valence-corrected chi connectivity index (χ3v) is 11.6. The molecule has 1 N–H and O–H groups in total. The van der Waals surface area contributed by atoms with Gasteiger partial charge in [-0.1, -0.05) is 19.9 Å². The van der Waals surface area contributed by atoms with Crippen molar-refractivity contribution in [3.05, 3.63) is 40.1 Å². The summed E-state index contributed by atoms with van der Waals surface area (Å²) >= 11 is 1.44. The molecule has 5 unspecified atom stereocenters. The lowest BCUT2D eigenvalue weighted by atomic mass is 9.44. The molecule has 1 aromatic heterocycles. The van der Waals surface area contributed by atoms with Crippen LogP contribution in [0, 0.1) is 28.6 Å². The maximum atomic E-state index is 17.5. The number of ether oxygens (including phenoxy) is 2. The molecular formula is C29H33F3O6S2. The average Bonchev–Trinajstić information content (AvgIpc) is 3.44. The lowest BCUT2D eigenvalue weighted by molar-refractivity contribution is -0.221. The number of halogens is 3. The summed E-state index contributed by atoms with van der Waals surface area (Å²) in [6, 6.07) is 0.545. The lowest BCUT2D eigenvalue weighted by Crippen LogP contribution is -2.70. The van der Waals surface area contributed by atoms with E-state index in [1.807, 2.05) is 0 Å². The molecule has 0 radical (unpaired) electrons. The highest BCUT2D eigenvalue weighted by Crippen LogP contribution is 2.72. The second kappa shape index (κ2) is 10.0. The van der Waals surface area contributed by atoms with E-state index < -0.39 is 75.0 Å². The van der Waals surface area contributed by atoms with Crippen molar-refractivity contribution in [3.8, 4) is 5.75 Å². The van der Waals surface area contributed by atoms with Crippen molar-refractivity contribution in [2.24, 2.45) is 28.6 Å². The molecule has 0 amide bonds. The van der Waals surface area contributed by atoms with Crippen LogP contribution >= 0.6 is 23.1 Å². The summed E-state index contributed by atoms with van der Waals surface area (Å²) in [4.78, 5) is 39.6. The molecule has 0 bridgehead atoms. The molecule has 4 aliphatic rings. The summed E-state index contributed by atoms with van der Waals surface area (Å²) in [5, 5.41) is 12.5. The van der Waals surface area contributed by atoms with Crippen LogP contribution in [0.25, 0.3) is 0 Å². The first-order chi connectivity index (χ1) is 18.8. The molecule has 9 atom stereocenters. The monoisotopic (exact) mass is 598 g/mol. The van der Waals surface area contributed by atoms with E-state index in [1.165, 1.54) is 19.1 Å². The Bertz CT molecular complexity index is 1300. The zero-order chi connectivity index (χ0) is 29.3. The van der Waals surface area contributed by atoms with E-state index in [2.05, 4.69) is 0 Å². The van der Waals surface area contributed by atoms with Crippen molar-refractivity contribution in [2.45, 2.75) is 70.5 Å². The van der Waals surface area contributed by atoms with Crippen molar-refractivity contribution in [1.82, 2.24) is 0 Å². The van der Waals surface area contributed by atoms with Gasteiger partial charge in [0, 0.05) is 22.7 Å². The van der Waals surface area contributed by atoms with Crippen LogP contribution in [0.3, 0.4) is 0 Å². The molecule has 40 heavy (non-hydrogen) atoms. The topological polar surface area (TPSA) is 89.9 Å². The van der Waals surface area contributed by atoms with Crippen molar-refractivity contribution in [1.29, 1.82) is 0 Å². The molecule has 3 saturated carbocycles. The van der Waals surface area contributed by atoms with E-state index >= 15 is 8.78 Å². The molecule has 1 aromatic rings. The number of carbonyl (C=O) groups excluding carboxylic acids is 3. The Morgan fingerprint density at radius 1 is 1.25 bits per heavy atom. The summed E-state index contributed by atoms with van der Waals surface area (Å²) in [7, 11) is 0. The molecule has 4 aliphatic carbocycles. The number of hydrogen-bond acceptors (Lipinski definition) is 8. The van der Waals surface area contributed by atoms with Gasteiger partial charge in [-0.25, -0.2) is 18.0 Å². The maximum Gasteiger partial charge on any atom is 0.353 e. The fraction of sp³-hybridized carbons (Fsp3) is 0.621. The number of esters is 1. The Morgan fingerprint density at radius 2 is 1.98 bits per heavy atom. The lowest BCUT2D eigenvalue weighted by Gasteiger charge is -2.63. The predicted octanol–water partition coefficient (Wildman–Crippen LogP) is 5.79. The number of allylic oxidation sites excluding steroid dienone is 4. The zero-order valence-electron chi connectivity index (χ0n) is 22.7. The molecule has 5 rings (SSSR count). The van der Waals surface area contributed by atoms with Gasteiger partial charge < -0.3 is 14.6 Å². The maximum absolute atomic E-state index is 17.5. The summed E-state index contributed by atoms with van der Waals surface area (Å²) in [6.45, 7) is 6.90. The Kier molecular flexibility index (Phi) is 7.36. The molecular weight excluding hydrogens is 565 g/mol. The third-order valence-electron chi connectivity index (χ3n) is 10.0. The first-order valence-corrected chi connectivity index (χ1v) is 15.3. The zero-order valence-corrected chi connectivity index (χ0v) is 24.4. The first kappa shape index (κ1) is 29.4. The van der Waals surface area contributed by atoms with Gasteiger partial charge in [0.15, 0.2) is 21.9 Å². The van der Waals surface area contributed by atoms with Crippen LogP contribution in [0.15, 0.2) is 35.2 Å². The largest absolute Gasteiger partial charge is 0.492 e. The number of ketones is 1. The number of alkyl halides is 3. The Labute approximate surface area is 239 Å². The Hall–Kier alpha value is -2.11. The summed E-state index contributed by atoms with van der Waals surface area (Å²) in [5.41, 5.74) is -7.20. The van der Waals surface area contributed by atoms with Crippen LogP contribution < -0.4 is 4.74 Å². The van der Waals surface area contributed by atoms with E-state index in [4.69, 9.17) is 9.47 Å². The summed E-state index contributed by atoms with van der Waals surface area (Å²) in [5.74, 6) is -3.43. The molecule has 6 nitrogen and oxygen atoms in total. The van der Waals surface area contributed by atoms with Crippen LogP contribution in [-0.4, -0.2) is 58.1 Å². The van der Waals surface area contributed by atoms with Gasteiger partial charge in [-0.15, -0.1) is 11.3 Å². The molecule has 0 spiro atoms. The quantitative estimate of drug-likeness (QED) is 0.415. The normalized spacial score (nSPS) is 42.0. The molecule has 1 heterocycles. The van der Waals surface area contributed by atoms with E-state index in [0.717, 1.165) is 17.4 Å². The number of aliphatic hydroxyl groups is 1. The van der Waals surface area contributed by atoms with Crippen LogP contribution in [0.4, 0.5) is 13.2 Å². The highest BCUT2D eigenvalue weighted by atomic mass is 32.2. The fourth-order valence-electron chi connectivity index (χ4n) is 8.28. The third kappa shape index (κ3) is 3.75. The van der Waals surface area contributed by atoms with Crippen molar-refractivity contribution < 1.29 is 42.1 Å². The highest BCUT2D eigenvalue weighted by Gasteiger charge is 2.78. The first-order valence-electron chi connectivity index (χ1n) is 13.4. The number of fused-ring (bicyclic) bond motifs is 5. The number of carbonyl (C=O) groups is 3. The van der Waals surface area contributed by atoms with Gasteiger partial charge in [0.05, 0.1) is 12.7 Å². The van der Waals surface area contributed by atoms with Gasteiger partial charge in [-0.3, -0.25) is 9.59 Å². The van der Waals surface area contributed by atoms with E-state index in [-0.39, 0.29) is 35.5 Å². The van der Waals surface area contributed by atoms with Gasteiger partial charge in [-0.05, 0) is 80.0 Å². The highest BCUT2D eigenvalue weighted by molar-refractivity contribution is 8.13. The van der Waals surface area contributed by atoms with E-state index in [0.29, 0.717) is 18.4 Å². The van der Waals surface area contributed by atoms with Crippen LogP contribution in [0.5, 0.6) is 5.75 Å². The van der Waals surface area contributed by atoms with E-state index in [1.54, 1.807) is 32.2 Å². The van der Waals surface area contributed by atoms with Crippen LogP contribution in [-0.2, 0) is 14.3 Å². The second-order valence-electron chi connectivity index (χ2n) is 11.7. The van der Waals surface area contributed by atoms with Crippen molar-refractivity contribution in [3.63, 3.8) is 0 Å². The Balaban J connectivity index is 1.62. The van der Waals surface area contributed by atoms with Gasteiger partial charge in [0.25, 0.3) is 0 Å². The number of thiophene rings is 1. The molecule has 0 saturated heterocycles. The van der Waals surface area contributed by atoms with Gasteiger partial charge in [-0.2, -0.15) is 0 Å². The minimum absolute atomic E-state index is 0.00431. The summed E-state index contributed by atoms with van der Waals surface area (Å²) < 4.78 is 58.5. The second-order valence-corrected chi connectivity index (χ2v) is 13.5. The smallest absolute Gasteiger partial charge is 0.353 e. The van der Waals surface area contributed by atoms with Gasteiger partial charge >= 0.3 is 5.97 Å².